The Morgan fingerprint density at radius 3 is 2.29 bits per heavy atom. The minimum Gasteiger partial charge on any atom is -0.465 e. The summed E-state index contributed by atoms with van der Waals surface area (Å²) < 4.78 is 27.5. The molecule has 6 atom stereocenters. The Bertz CT molecular complexity index is 403. The van der Waals surface area contributed by atoms with Crippen molar-refractivity contribution in [2.75, 3.05) is 21.3 Å². The van der Waals surface area contributed by atoms with Crippen molar-refractivity contribution in [3.8, 4) is 0 Å². The zero-order chi connectivity index (χ0) is 18.5. The topological polar surface area (TPSA) is 63.2 Å². The van der Waals surface area contributed by atoms with Crippen LogP contribution in [-0.2, 0) is 27.8 Å². The minimum atomic E-state index is -1.68. The molecule has 0 aliphatic carbocycles. The average Bonchev–Trinajstić information content (AvgIpc) is 2.60. The summed E-state index contributed by atoms with van der Waals surface area (Å²) in [6.45, 7) is 10.8. The van der Waals surface area contributed by atoms with E-state index in [9.17, 15) is 4.79 Å². The Morgan fingerprint density at radius 2 is 1.83 bits per heavy atom. The van der Waals surface area contributed by atoms with Crippen molar-refractivity contribution >= 4 is 14.6 Å². The van der Waals surface area contributed by atoms with Gasteiger partial charge < -0.3 is 18.5 Å². The molecule has 7 heteroatoms. The van der Waals surface area contributed by atoms with Gasteiger partial charge in [0.1, 0.15) is 0 Å². The first-order valence-electron chi connectivity index (χ1n) is 8.59. The predicted octanol–water partition coefficient (Wildman–Crippen LogP) is 4.14. The van der Waals surface area contributed by atoms with E-state index in [-0.39, 0.29) is 17.9 Å². The van der Waals surface area contributed by atoms with Crippen LogP contribution in [0.2, 0.25) is 0 Å². The Labute approximate surface area is 147 Å². The molecule has 1 aliphatic heterocycles. The molecule has 0 unspecified atom stereocenters. The number of hydrogen-bond acceptors (Lipinski definition) is 6. The zero-order valence-electron chi connectivity index (χ0n) is 16.2. The number of carbonyl (C=O) groups excluding carboxylic acids is 1. The van der Waals surface area contributed by atoms with Gasteiger partial charge in [0.2, 0.25) is 0 Å². The Balaban J connectivity index is 3.16. The molecule has 0 amide bonds. The van der Waals surface area contributed by atoms with Gasteiger partial charge in [-0.3, -0.25) is 4.52 Å². The Kier molecular flexibility index (Phi) is 8.57. The molecule has 1 aliphatic rings. The van der Waals surface area contributed by atoms with Gasteiger partial charge in [-0.05, 0) is 23.7 Å². The third kappa shape index (κ3) is 4.67. The van der Waals surface area contributed by atoms with Crippen LogP contribution in [0.5, 0.6) is 0 Å². The van der Waals surface area contributed by atoms with Crippen molar-refractivity contribution in [3.05, 3.63) is 0 Å². The molecule has 1 rings (SSSR count). The van der Waals surface area contributed by atoms with Crippen molar-refractivity contribution in [1.29, 1.82) is 0 Å². The van der Waals surface area contributed by atoms with Crippen LogP contribution in [-0.4, -0.2) is 39.2 Å². The highest BCUT2D eigenvalue weighted by Gasteiger charge is 2.54. The molecule has 1 fully saturated rings. The molecular formula is C17H33O6P. The smallest absolute Gasteiger partial charge is 0.367 e. The van der Waals surface area contributed by atoms with E-state index in [1.807, 2.05) is 0 Å². The fraction of sp³-hybridized carbons (Fsp3) is 0.941. The summed E-state index contributed by atoms with van der Waals surface area (Å²) >= 11 is 0. The van der Waals surface area contributed by atoms with Crippen LogP contribution in [0.4, 0.5) is 0 Å². The number of methoxy groups -OCH3 is 1. The number of rotatable bonds is 8. The van der Waals surface area contributed by atoms with Crippen LogP contribution in [0, 0.1) is 23.7 Å². The molecule has 0 N–H and O–H groups in total. The molecule has 1 heterocycles. The molecule has 0 spiro atoms. The SMILES string of the molecule is CC[C@@H](C)[C@@H](C)[C@@H]1O[C@](OP(OC)OC)(C(=O)OC)C[C@@H](C)[C@H]1C. The molecule has 0 saturated carbocycles. The summed E-state index contributed by atoms with van der Waals surface area (Å²) in [6, 6.07) is 0. The molecule has 0 aromatic heterocycles. The Morgan fingerprint density at radius 1 is 1.25 bits per heavy atom. The van der Waals surface area contributed by atoms with E-state index >= 15 is 0 Å². The summed E-state index contributed by atoms with van der Waals surface area (Å²) in [5.41, 5.74) is 0. The number of hydrogen-bond donors (Lipinski definition) is 0. The van der Waals surface area contributed by atoms with Crippen molar-refractivity contribution < 1.29 is 27.8 Å². The standard InChI is InChI=1S/C17H33O6P/c1-9-11(2)13(4)15-14(5)12(3)10-17(22-15,16(18)19-6)23-24(20-7)21-8/h11-15H,9-10H2,1-8H3/t11-,12-,13-,14-,15+,17-/m1/s1. The van der Waals surface area contributed by atoms with Gasteiger partial charge in [-0.15, -0.1) is 0 Å². The minimum absolute atomic E-state index is 0.103. The zero-order valence-corrected chi connectivity index (χ0v) is 17.1. The highest BCUT2D eigenvalue weighted by atomic mass is 31.2. The maximum Gasteiger partial charge on any atom is 0.367 e. The molecule has 24 heavy (non-hydrogen) atoms. The normalized spacial score (nSPS) is 33.3. The van der Waals surface area contributed by atoms with E-state index in [1.54, 1.807) is 0 Å². The highest BCUT2D eigenvalue weighted by molar-refractivity contribution is 7.41. The summed E-state index contributed by atoms with van der Waals surface area (Å²) in [7, 11) is 2.62. The number of carbonyl (C=O) groups is 1. The largest absolute Gasteiger partial charge is 0.465 e. The first-order chi connectivity index (χ1) is 11.3. The average molecular weight is 364 g/mol. The van der Waals surface area contributed by atoms with Gasteiger partial charge in [-0.25, -0.2) is 4.79 Å². The monoisotopic (exact) mass is 364 g/mol. The molecule has 6 nitrogen and oxygen atoms in total. The molecule has 0 aromatic rings. The van der Waals surface area contributed by atoms with Gasteiger partial charge in [0, 0.05) is 20.6 Å². The van der Waals surface area contributed by atoms with Crippen molar-refractivity contribution in [3.63, 3.8) is 0 Å². The summed E-state index contributed by atoms with van der Waals surface area (Å²) in [6.07, 6.45) is 1.36. The van der Waals surface area contributed by atoms with Crippen molar-refractivity contribution in [1.82, 2.24) is 0 Å². The first-order valence-corrected chi connectivity index (χ1v) is 9.69. The number of esters is 1. The van der Waals surface area contributed by atoms with Crippen LogP contribution in [0.25, 0.3) is 0 Å². The quantitative estimate of drug-likeness (QED) is 0.477. The second-order valence-electron chi connectivity index (χ2n) is 6.79. The fourth-order valence-corrected chi connectivity index (χ4v) is 3.97. The third-order valence-electron chi connectivity index (χ3n) is 5.41. The number of ether oxygens (including phenoxy) is 2. The maximum absolute atomic E-state index is 12.5. The predicted molar refractivity (Wildman–Crippen MR) is 93.2 cm³/mol. The van der Waals surface area contributed by atoms with E-state index < -0.39 is 20.4 Å². The second kappa shape index (κ2) is 9.44. The molecular weight excluding hydrogens is 331 g/mol. The lowest BCUT2D eigenvalue weighted by Crippen LogP contribution is -2.56. The van der Waals surface area contributed by atoms with E-state index in [0.29, 0.717) is 18.3 Å². The summed E-state index contributed by atoms with van der Waals surface area (Å²) in [5, 5.41) is 0. The van der Waals surface area contributed by atoms with E-state index in [2.05, 4.69) is 34.6 Å². The van der Waals surface area contributed by atoms with Gasteiger partial charge in [-0.2, -0.15) is 0 Å². The molecule has 0 aromatic carbocycles. The van der Waals surface area contributed by atoms with E-state index in [4.69, 9.17) is 23.0 Å². The van der Waals surface area contributed by atoms with E-state index in [0.717, 1.165) is 6.42 Å². The first kappa shape index (κ1) is 21.8. The Hall–Kier alpha value is -0.260. The molecule has 0 radical (unpaired) electrons. The van der Waals surface area contributed by atoms with Crippen LogP contribution >= 0.6 is 8.60 Å². The highest BCUT2D eigenvalue weighted by Crippen LogP contribution is 2.50. The summed E-state index contributed by atoms with van der Waals surface area (Å²) in [5.74, 6) is -0.706. The van der Waals surface area contributed by atoms with Gasteiger partial charge >= 0.3 is 14.6 Å². The van der Waals surface area contributed by atoms with Crippen LogP contribution in [0.3, 0.4) is 0 Å². The van der Waals surface area contributed by atoms with Gasteiger partial charge in [-0.1, -0.05) is 41.0 Å². The van der Waals surface area contributed by atoms with E-state index in [1.165, 1.54) is 21.3 Å². The van der Waals surface area contributed by atoms with Gasteiger partial charge in [0.15, 0.2) is 0 Å². The third-order valence-corrected chi connectivity index (χ3v) is 6.45. The van der Waals surface area contributed by atoms with Gasteiger partial charge in [0.05, 0.1) is 13.2 Å². The van der Waals surface area contributed by atoms with Crippen LogP contribution < -0.4 is 0 Å². The fourth-order valence-electron chi connectivity index (χ4n) is 3.24. The van der Waals surface area contributed by atoms with Gasteiger partial charge in [0.25, 0.3) is 5.79 Å². The lowest BCUT2D eigenvalue weighted by atomic mass is 9.74. The summed E-state index contributed by atoms with van der Waals surface area (Å²) in [4.78, 5) is 12.5. The molecule has 1 saturated heterocycles. The lowest BCUT2D eigenvalue weighted by Gasteiger charge is -2.47. The lowest BCUT2D eigenvalue weighted by molar-refractivity contribution is -0.277. The van der Waals surface area contributed by atoms with Crippen molar-refractivity contribution in [2.45, 2.75) is 59.4 Å². The van der Waals surface area contributed by atoms with Crippen LogP contribution in [0.15, 0.2) is 0 Å². The van der Waals surface area contributed by atoms with Crippen LogP contribution in [0.1, 0.15) is 47.5 Å². The second-order valence-corrected chi connectivity index (χ2v) is 8.15. The molecule has 142 valence electrons. The van der Waals surface area contributed by atoms with Crippen molar-refractivity contribution in [2.24, 2.45) is 23.7 Å². The maximum atomic E-state index is 12.5. The molecule has 0 bridgehead atoms.